The lowest BCUT2D eigenvalue weighted by atomic mass is 10.1. The van der Waals surface area contributed by atoms with Crippen LogP contribution in [0.1, 0.15) is 38.7 Å². The number of para-hydroxylation sites is 1. The van der Waals surface area contributed by atoms with Crippen LogP contribution in [-0.2, 0) is 20.7 Å². The fourth-order valence-corrected chi connectivity index (χ4v) is 3.51. The summed E-state index contributed by atoms with van der Waals surface area (Å²) < 4.78 is 22.2. The summed E-state index contributed by atoms with van der Waals surface area (Å²) in [6.07, 6.45) is 2.05. The van der Waals surface area contributed by atoms with Crippen molar-refractivity contribution in [2.24, 2.45) is 0 Å². The Hall–Kier alpha value is -2.81. The Morgan fingerprint density at radius 2 is 1.69 bits per heavy atom. The molecule has 0 saturated heterocycles. The monoisotopic (exact) mass is 521 g/mol. The van der Waals surface area contributed by atoms with Gasteiger partial charge in [0.25, 0.3) is 0 Å². The SMILES string of the molecule is CCCCCOCCN(CCOc1ccc(CC(OCC)C(=O)O)cc1)C(=O)Oc1ccccc1Cl. The van der Waals surface area contributed by atoms with Gasteiger partial charge >= 0.3 is 12.1 Å². The van der Waals surface area contributed by atoms with Crippen molar-refractivity contribution in [2.45, 2.75) is 45.6 Å². The molecule has 0 bridgehead atoms. The zero-order valence-electron chi connectivity index (χ0n) is 21.0. The largest absolute Gasteiger partial charge is 0.492 e. The van der Waals surface area contributed by atoms with Crippen molar-refractivity contribution in [3.63, 3.8) is 0 Å². The number of aliphatic carboxylic acids is 1. The van der Waals surface area contributed by atoms with Crippen molar-refractivity contribution < 1.29 is 33.6 Å². The second-order valence-corrected chi connectivity index (χ2v) is 8.49. The van der Waals surface area contributed by atoms with E-state index in [-0.39, 0.29) is 19.6 Å². The number of carbonyl (C=O) groups is 2. The molecule has 0 fully saturated rings. The van der Waals surface area contributed by atoms with Gasteiger partial charge in [0.1, 0.15) is 12.4 Å². The fourth-order valence-electron chi connectivity index (χ4n) is 3.34. The maximum Gasteiger partial charge on any atom is 0.415 e. The quantitative estimate of drug-likeness (QED) is 0.276. The molecule has 1 amide bonds. The van der Waals surface area contributed by atoms with Gasteiger partial charge in [0.15, 0.2) is 11.9 Å². The minimum atomic E-state index is -0.990. The lowest BCUT2D eigenvalue weighted by molar-refractivity contribution is -0.149. The van der Waals surface area contributed by atoms with Crippen LogP contribution in [-0.4, -0.2) is 67.7 Å². The standard InChI is InChI=1S/C27H36ClNO7/c1-3-5-8-17-33-18-15-29(27(32)36-24-10-7-6-9-23(24)28)16-19-35-22-13-11-21(12-14-22)20-25(26(30)31)34-4-2/h6-7,9-14,25H,3-5,8,15-20H2,1-2H3,(H,30,31). The molecule has 0 saturated carbocycles. The van der Waals surface area contributed by atoms with Crippen LogP contribution in [0.3, 0.4) is 0 Å². The molecule has 36 heavy (non-hydrogen) atoms. The maximum atomic E-state index is 12.8. The number of carboxylic acid groups (broad SMARTS) is 1. The highest BCUT2D eigenvalue weighted by Gasteiger charge is 2.19. The minimum absolute atomic E-state index is 0.240. The fraction of sp³-hybridized carbons (Fsp3) is 0.481. The molecule has 198 valence electrons. The molecule has 1 atom stereocenters. The number of rotatable bonds is 17. The molecule has 0 radical (unpaired) electrons. The van der Waals surface area contributed by atoms with Gasteiger partial charge in [-0.3, -0.25) is 0 Å². The summed E-state index contributed by atoms with van der Waals surface area (Å²) in [5.74, 6) is -0.0891. The second-order valence-electron chi connectivity index (χ2n) is 8.08. The first-order valence-corrected chi connectivity index (χ1v) is 12.7. The lowest BCUT2D eigenvalue weighted by Gasteiger charge is -2.22. The molecule has 9 heteroatoms. The summed E-state index contributed by atoms with van der Waals surface area (Å²) in [6, 6.07) is 13.9. The number of hydrogen-bond acceptors (Lipinski definition) is 6. The molecule has 0 spiro atoms. The molecule has 1 unspecified atom stereocenters. The zero-order valence-corrected chi connectivity index (χ0v) is 21.7. The van der Waals surface area contributed by atoms with Crippen LogP contribution in [0, 0.1) is 0 Å². The molecule has 0 aliphatic rings. The van der Waals surface area contributed by atoms with Crippen LogP contribution in [0.5, 0.6) is 11.5 Å². The second kappa shape index (κ2) is 16.8. The number of nitrogens with zero attached hydrogens (tertiary/aromatic N) is 1. The summed E-state index contributed by atoms with van der Waals surface area (Å²) in [5.41, 5.74) is 0.827. The number of halogens is 1. The van der Waals surface area contributed by atoms with Gasteiger partial charge in [0.2, 0.25) is 0 Å². The van der Waals surface area contributed by atoms with Gasteiger partial charge in [-0.25, -0.2) is 9.59 Å². The lowest BCUT2D eigenvalue weighted by Crippen LogP contribution is -2.39. The summed E-state index contributed by atoms with van der Waals surface area (Å²) in [4.78, 5) is 25.6. The van der Waals surface area contributed by atoms with Gasteiger partial charge in [-0.15, -0.1) is 0 Å². The molecule has 2 rings (SSSR count). The van der Waals surface area contributed by atoms with Crippen LogP contribution in [0.4, 0.5) is 4.79 Å². The van der Waals surface area contributed by atoms with Crippen molar-refractivity contribution in [2.75, 3.05) is 39.5 Å². The first-order chi connectivity index (χ1) is 17.4. The topological polar surface area (TPSA) is 94.5 Å². The highest BCUT2D eigenvalue weighted by Crippen LogP contribution is 2.23. The van der Waals surface area contributed by atoms with Crippen molar-refractivity contribution in [3.8, 4) is 11.5 Å². The first kappa shape index (κ1) is 29.4. The van der Waals surface area contributed by atoms with Gasteiger partial charge in [0.05, 0.1) is 18.2 Å². The summed E-state index contributed by atoms with van der Waals surface area (Å²) >= 11 is 6.13. The van der Waals surface area contributed by atoms with Crippen molar-refractivity contribution in [3.05, 3.63) is 59.1 Å². The highest BCUT2D eigenvalue weighted by atomic mass is 35.5. The van der Waals surface area contributed by atoms with E-state index in [1.54, 1.807) is 55.5 Å². The van der Waals surface area contributed by atoms with E-state index in [1.807, 2.05) is 0 Å². The number of hydrogen-bond donors (Lipinski definition) is 1. The Balaban J connectivity index is 1.90. The number of amides is 1. The highest BCUT2D eigenvalue weighted by molar-refractivity contribution is 6.32. The van der Waals surface area contributed by atoms with E-state index in [0.717, 1.165) is 24.8 Å². The average molecular weight is 522 g/mol. The third-order valence-electron chi connectivity index (χ3n) is 5.31. The smallest absolute Gasteiger partial charge is 0.415 e. The van der Waals surface area contributed by atoms with Gasteiger partial charge in [0, 0.05) is 26.2 Å². The number of ether oxygens (including phenoxy) is 4. The van der Waals surface area contributed by atoms with Gasteiger partial charge in [-0.2, -0.15) is 0 Å². The number of benzene rings is 2. The Morgan fingerprint density at radius 3 is 2.36 bits per heavy atom. The van der Waals surface area contributed by atoms with Crippen LogP contribution in [0.25, 0.3) is 0 Å². The Labute approximate surface area is 218 Å². The van der Waals surface area contributed by atoms with Crippen molar-refractivity contribution in [1.29, 1.82) is 0 Å². The van der Waals surface area contributed by atoms with Crippen molar-refractivity contribution in [1.82, 2.24) is 4.90 Å². The number of carbonyl (C=O) groups excluding carboxylic acids is 1. The van der Waals surface area contributed by atoms with E-state index >= 15 is 0 Å². The molecule has 0 aliphatic carbocycles. The number of carboxylic acids is 1. The van der Waals surface area contributed by atoms with E-state index in [1.165, 1.54) is 4.90 Å². The van der Waals surface area contributed by atoms with Crippen molar-refractivity contribution >= 4 is 23.7 Å². The first-order valence-electron chi connectivity index (χ1n) is 12.3. The summed E-state index contributed by atoms with van der Waals surface area (Å²) in [6.45, 7) is 6.14. The van der Waals surface area contributed by atoms with Crippen LogP contribution < -0.4 is 9.47 Å². The maximum absolute atomic E-state index is 12.8. The molecule has 2 aromatic carbocycles. The molecule has 2 aromatic rings. The molecular formula is C27H36ClNO7. The van der Waals surface area contributed by atoms with Gasteiger partial charge in [-0.05, 0) is 43.2 Å². The molecule has 1 N–H and O–H groups in total. The van der Waals surface area contributed by atoms with Crippen LogP contribution >= 0.6 is 11.6 Å². The Morgan fingerprint density at radius 1 is 0.972 bits per heavy atom. The Bertz CT molecular complexity index is 923. The number of unbranched alkanes of at least 4 members (excludes halogenated alkanes) is 2. The third-order valence-corrected chi connectivity index (χ3v) is 5.62. The summed E-state index contributed by atoms with van der Waals surface area (Å²) in [7, 11) is 0. The van der Waals surface area contributed by atoms with E-state index < -0.39 is 18.2 Å². The predicted molar refractivity (Wildman–Crippen MR) is 138 cm³/mol. The Kier molecular flexibility index (Phi) is 13.7. The molecular weight excluding hydrogens is 486 g/mol. The van der Waals surface area contributed by atoms with Crippen LogP contribution in [0.15, 0.2) is 48.5 Å². The molecule has 0 aliphatic heterocycles. The van der Waals surface area contributed by atoms with E-state index in [0.29, 0.717) is 42.9 Å². The van der Waals surface area contributed by atoms with Gasteiger partial charge < -0.3 is 29.0 Å². The zero-order chi connectivity index (χ0) is 26.2. The third kappa shape index (κ3) is 10.8. The van der Waals surface area contributed by atoms with Gasteiger partial charge in [-0.1, -0.05) is 55.6 Å². The normalized spacial score (nSPS) is 11.6. The summed E-state index contributed by atoms with van der Waals surface area (Å²) in [5, 5.41) is 9.60. The van der Waals surface area contributed by atoms with Crippen LogP contribution in [0.2, 0.25) is 5.02 Å². The average Bonchev–Trinajstić information content (AvgIpc) is 2.87. The van der Waals surface area contributed by atoms with E-state index in [4.69, 9.17) is 30.5 Å². The molecule has 8 nitrogen and oxygen atoms in total. The minimum Gasteiger partial charge on any atom is -0.492 e. The molecule has 0 heterocycles. The predicted octanol–water partition coefficient (Wildman–Crippen LogP) is 5.46. The van der Waals surface area contributed by atoms with E-state index in [9.17, 15) is 14.7 Å². The molecule has 0 aromatic heterocycles. The van der Waals surface area contributed by atoms with E-state index in [2.05, 4.69) is 6.92 Å².